The highest BCUT2D eigenvalue weighted by Crippen LogP contribution is 1.99. The summed E-state index contributed by atoms with van der Waals surface area (Å²) in [6.45, 7) is 6.52. The second-order valence-electron chi connectivity index (χ2n) is 3.77. The fourth-order valence-corrected chi connectivity index (χ4v) is 1.20. The predicted molar refractivity (Wildman–Crippen MR) is 62.6 cm³/mol. The number of nitrogens with two attached hydrogens (primary N) is 1. The number of hydrogen-bond donors (Lipinski definition) is 2. The third kappa shape index (κ3) is 4.44. The van der Waals surface area contributed by atoms with E-state index in [-0.39, 0.29) is 0 Å². The Morgan fingerprint density at radius 2 is 2.27 bits per heavy atom. The van der Waals surface area contributed by atoms with Crippen molar-refractivity contribution in [2.24, 2.45) is 10.7 Å². The molecule has 1 heterocycles. The van der Waals surface area contributed by atoms with Crippen molar-refractivity contribution in [3.8, 4) is 0 Å². The topological polar surface area (TPSA) is 63.3 Å². The quantitative estimate of drug-likeness (QED) is 0.577. The van der Waals surface area contributed by atoms with Gasteiger partial charge < -0.3 is 11.1 Å². The van der Waals surface area contributed by atoms with E-state index in [0.717, 1.165) is 11.4 Å². The smallest absolute Gasteiger partial charge is 0.189 e. The van der Waals surface area contributed by atoms with E-state index in [1.165, 1.54) is 0 Å². The second kappa shape index (κ2) is 5.34. The Balaban J connectivity index is 2.56. The molecular formula is C11H18N4. The van der Waals surface area contributed by atoms with Crippen LogP contribution in [0.1, 0.15) is 25.2 Å². The van der Waals surface area contributed by atoms with Gasteiger partial charge in [0.1, 0.15) is 0 Å². The Labute approximate surface area is 90.6 Å². The van der Waals surface area contributed by atoms with E-state index in [1.54, 1.807) is 0 Å². The molecule has 0 aromatic carbocycles. The van der Waals surface area contributed by atoms with Crippen molar-refractivity contribution in [3.63, 3.8) is 0 Å². The van der Waals surface area contributed by atoms with E-state index < -0.39 is 0 Å². The van der Waals surface area contributed by atoms with Gasteiger partial charge in [0.2, 0.25) is 0 Å². The highest BCUT2D eigenvalue weighted by molar-refractivity contribution is 5.77. The SMILES string of the molecule is Cc1cccc(CN=C(N)NC(C)C)n1. The van der Waals surface area contributed by atoms with Gasteiger partial charge in [-0.15, -0.1) is 0 Å². The second-order valence-corrected chi connectivity index (χ2v) is 3.77. The Kier molecular flexibility index (Phi) is 4.09. The molecule has 1 rings (SSSR count). The zero-order valence-electron chi connectivity index (χ0n) is 9.49. The number of nitrogens with zero attached hydrogens (tertiary/aromatic N) is 2. The lowest BCUT2D eigenvalue weighted by Gasteiger charge is -2.08. The van der Waals surface area contributed by atoms with E-state index >= 15 is 0 Å². The minimum absolute atomic E-state index is 0.305. The van der Waals surface area contributed by atoms with Gasteiger partial charge >= 0.3 is 0 Å². The van der Waals surface area contributed by atoms with Gasteiger partial charge in [0.25, 0.3) is 0 Å². The fourth-order valence-electron chi connectivity index (χ4n) is 1.20. The van der Waals surface area contributed by atoms with Crippen LogP contribution in [0.3, 0.4) is 0 Å². The van der Waals surface area contributed by atoms with Crippen LogP contribution in [0.4, 0.5) is 0 Å². The number of hydrogen-bond acceptors (Lipinski definition) is 2. The molecule has 0 amide bonds. The summed E-state index contributed by atoms with van der Waals surface area (Å²) in [4.78, 5) is 8.53. The monoisotopic (exact) mass is 206 g/mol. The molecule has 0 atom stereocenters. The van der Waals surface area contributed by atoms with Crippen molar-refractivity contribution >= 4 is 5.96 Å². The number of aryl methyl sites for hydroxylation is 1. The minimum atomic E-state index is 0.305. The third-order valence-electron chi connectivity index (χ3n) is 1.79. The van der Waals surface area contributed by atoms with Crippen LogP contribution < -0.4 is 11.1 Å². The number of nitrogens with one attached hydrogen (secondary N) is 1. The summed E-state index contributed by atoms with van der Waals surface area (Å²) in [6.07, 6.45) is 0. The molecule has 0 radical (unpaired) electrons. The fraction of sp³-hybridized carbons (Fsp3) is 0.455. The molecule has 0 bridgehead atoms. The molecule has 82 valence electrons. The molecule has 4 heteroatoms. The van der Waals surface area contributed by atoms with Crippen LogP contribution >= 0.6 is 0 Å². The molecule has 15 heavy (non-hydrogen) atoms. The zero-order valence-corrected chi connectivity index (χ0v) is 9.49. The molecule has 3 N–H and O–H groups in total. The van der Waals surface area contributed by atoms with Crippen LogP contribution in [0.25, 0.3) is 0 Å². The predicted octanol–water partition coefficient (Wildman–Crippen LogP) is 1.20. The summed E-state index contributed by atoms with van der Waals surface area (Å²) in [6, 6.07) is 6.18. The van der Waals surface area contributed by atoms with Crippen LogP contribution in [0.2, 0.25) is 0 Å². The van der Waals surface area contributed by atoms with Gasteiger partial charge in [-0.05, 0) is 32.9 Å². The Hall–Kier alpha value is -1.58. The van der Waals surface area contributed by atoms with E-state index in [1.807, 2.05) is 39.0 Å². The molecular weight excluding hydrogens is 188 g/mol. The molecule has 0 saturated heterocycles. The molecule has 4 nitrogen and oxygen atoms in total. The first-order chi connectivity index (χ1) is 7.08. The third-order valence-corrected chi connectivity index (χ3v) is 1.79. The van der Waals surface area contributed by atoms with Crippen LogP contribution in [-0.2, 0) is 6.54 Å². The van der Waals surface area contributed by atoms with Crippen LogP contribution in [0, 0.1) is 6.92 Å². The summed E-state index contributed by atoms with van der Waals surface area (Å²) in [5.41, 5.74) is 7.60. The van der Waals surface area contributed by atoms with E-state index in [4.69, 9.17) is 5.73 Å². The molecule has 0 spiro atoms. The molecule has 0 saturated carbocycles. The van der Waals surface area contributed by atoms with Gasteiger partial charge in [0.15, 0.2) is 5.96 Å². The van der Waals surface area contributed by atoms with E-state index in [9.17, 15) is 0 Å². The Bertz CT molecular complexity index is 344. The van der Waals surface area contributed by atoms with Crippen molar-refractivity contribution < 1.29 is 0 Å². The highest BCUT2D eigenvalue weighted by Gasteiger charge is 1.96. The summed E-state index contributed by atoms with van der Waals surface area (Å²) in [5, 5.41) is 3.03. The first-order valence-electron chi connectivity index (χ1n) is 5.07. The van der Waals surface area contributed by atoms with Crippen molar-refractivity contribution in [3.05, 3.63) is 29.6 Å². The van der Waals surface area contributed by atoms with Crippen LogP contribution in [0.5, 0.6) is 0 Å². The first kappa shape index (κ1) is 11.5. The van der Waals surface area contributed by atoms with E-state index in [2.05, 4.69) is 15.3 Å². The number of guanidine groups is 1. The standard InChI is InChI=1S/C11H18N4/c1-8(2)14-11(12)13-7-10-6-4-5-9(3)15-10/h4-6,8H,7H2,1-3H3,(H3,12,13,14). The maximum absolute atomic E-state index is 5.67. The summed E-state index contributed by atoms with van der Waals surface area (Å²) in [5.74, 6) is 0.466. The van der Waals surface area contributed by atoms with Gasteiger partial charge in [-0.1, -0.05) is 6.07 Å². The lowest BCUT2D eigenvalue weighted by Crippen LogP contribution is -2.36. The zero-order chi connectivity index (χ0) is 11.3. The molecule has 0 fully saturated rings. The molecule has 0 aliphatic heterocycles. The normalized spacial score (nSPS) is 11.9. The van der Waals surface area contributed by atoms with E-state index in [0.29, 0.717) is 18.5 Å². The van der Waals surface area contributed by atoms with Gasteiger partial charge in [-0.25, -0.2) is 4.99 Å². The van der Waals surface area contributed by atoms with Crippen molar-refractivity contribution in [2.75, 3.05) is 0 Å². The van der Waals surface area contributed by atoms with Gasteiger partial charge in [-0.3, -0.25) is 4.98 Å². The lowest BCUT2D eigenvalue weighted by atomic mass is 10.3. The van der Waals surface area contributed by atoms with Crippen LogP contribution in [0.15, 0.2) is 23.2 Å². The molecule has 0 aliphatic rings. The largest absolute Gasteiger partial charge is 0.370 e. The number of aromatic nitrogens is 1. The number of pyridine rings is 1. The average molecular weight is 206 g/mol. The Morgan fingerprint density at radius 3 is 2.87 bits per heavy atom. The maximum Gasteiger partial charge on any atom is 0.189 e. The van der Waals surface area contributed by atoms with Crippen molar-refractivity contribution in [1.29, 1.82) is 0 Å². The van der Waals surface area contributed by atoms with Crippen molar-refractivity contribution in [1.82, 2.24) is 10.3 Å². The maximum atomic E-state index is 5.67. The molecule has 0 unspecified atom stereocenters. The lowest BCUT2D eigenvalue weighted by molar-refractivity contribution is 0.723. The van der Waals surface area contributed by atoms with Gasteiger partial charge in [0.05, 0.1) is 12.2 Å². The van der Waals surface area contributed by atoms with Crippen molar-refractivity contribution in [2.45, 2.75) is 33.4 Å². The van der Waals surface area contributed by atoms with Crippen LogP contribution in [-0.4, -0.2) is 17.0 Å². The number of rotatable bonds is 3. The van der Waals surface area contributed by atoms with Gasteiger partial charge in [-0.2, -0.15) is 0 Å². The highest BCUT2D eigenvalue weighted by atomic mass is 15.1. The molecule has 0 aliphatic carbocycles. The molecule has 1 aromatic rings. The Morgan fingerprint density at radius 1 is 1.53 bits per heavy atom. The summed E-state index contributed by atoms with van der Waals surface area (Å²) in [7, 11) is 0. The average Bonchev–Trinajstić information content (AvgIpc) is 2.14. The molecule has 1 aromatic heterocycles. The number of aliphatic imine (C=N–C) groups is 1. The minimum Gasteiger partial charge on any atom is -0.370 e. The van der Waals surface area contributed by atoms with Gasteiger partial charge in [0, 0.05) is 11.7 Å². The summed E-state index contributed by atoms with van der Waals surface area (Å²) < 4.78 is 0. The summed E-state index contributed by atoms with van der Waals surface area (Å²) >= 11 is 0. The first-order valence-corrected chi connectivity index (χ1v) is 5.07.